The van der Waals surface area contributed by atoms with E-state index in [1.54, 1.807) is 7.11 Å². The molecule has 1 aliphatic rings. The minimum Gasteiger partial charge on any atom is -0.378 e. The van der Waals surface area contributed by atoms with E-state index in [1.807, 2.05) is 13.8 Å². The van der Waals surface area contributed by atoms with E-state index in [1.165, 1.54) is 0 Å². The van der Waals surface area contributed by atoms with Crippen molar-refractivity contribution in [2.24, 2.45) is 0 Å². The van der Waals surface area contributed by atoms with Crippen molar-refractivity contribution < 1.29 is 4.74 Å². The number of likely N-dealkylation sites (N-methyl/N-ethyl adjacent to an activating group) is 1. The number of nitrogens with zero attached hydrogens (tertiary/aromatic N) is 1. The van der Waals surface area contributed by atoms with Crippen LogP contribution in [0.15, 0.2) is 0 Å². The Morgan fingerprint density at radius 2 is 1.83 bits per heavy atom. The summed E-state index contributed by atoms with van der Waals surface area (Å²) in [5.41, 5.74) is 0. The first kappa shape index (κ1) is 11.9. The van der Waals surface area contributed by atoms with Gasteiger partial charge in [-0.25, -0.2) is 0 Å². The molecule has 0 amide bonds. The Hall–Kier alpha value is -0.120. The highest BCUT2D eigenvalue weighted by Gasteiger charge is 2.27. The molecule has 0 saturated carbocycles. The third-order valence-electron chi connectivity index (χ3n) is 2.09. The van der Waals surface area contributed by atoms with E-state index < -0.39 is 0 Å². The average molecular weight is 174 g/mol. The zero-order valence-electron chi connectivity index (χ0n) is 8.92. The first-order valence-corrected chi connectivity index (χ1v) is 4.65. The third-order valence-corrected chi connectivity index (χ3v) is 2.09. The molecule has 0 aromatic rings. The van der Waals surface area contributed by atoms with Crippen LogP contribution in [0.3, 0.4) is 0 Å². The van der Waals surface area contributed by atoms with Crippen molar-refractivity contribution in [3.8, 4) is 0 Å². The molecule has 0 aromatic carbocycles. The maximum absolute atomic E-state index is 5.28. The van der Waals surface area contributed by atoms with Crippen LogP contribution in [0.1, 0.15) is 13.8 Å². The van der Waals surface area contributed by atoms with E-state index in [0.717, 1.165) is 13.1 Å². The highest BCUT2D eigenvalue weighted by atomic mass is 16.5. The summed E-state index contributed by atoms with van der Waals surface area (Å²) in [5.74, 6) is 0. The standard InChI is InChI=1S/C7H16N2O.C2H6/c1-9(2)6-4-8-5-7(6)10-3;1-2/h6-8H,4-5H2,1-3H3;1-2H3. The Morgan fingerprint density at radius 3 is 2.17 bits per heavy atom. The number of nitrogens with one attached hydrogen (secondary N) is 1. The molecule has 0 spiro atoms. The second kappa shape index (κ2) is 6.40. The molecule has 12 heavy (non-hydrogen) atoms. The molecule has 0 aromatic heterocycles. The minimum absolute atomic E-state index is 0.370. The average Bonchev–Trinajstić information content (AvgIpc) is 2.55. The molecule has 3 nitrogen and oxygen atoms in total. The predicted octanol–water partition coefficient (Wildman–Crippen LogP) is 0.561. The van der Waals surface area contributed by atoms with Crippen molar-refractivity contribution in [3.63, 3.8) is 0 Å². The molecule has 2 atom stereocenters. The maximum Gasteiger partial charge on any atom is 0.0862 e. The van der Waals surface area contributed by atoms with Gasteiger partial charge in [-0.2, -0.15) is 0 Å². The molecule has 1 aliphatic heterocycles. The lowest BCUT2D eigenvalue weighted by atomic mass is 10.2. The Bertz CT molecular complexity index is 107. The van der Waals surface area contributed by atoms with Gasteiger partial charge >= 0.3 is 0 Å². The lowest BCUT2D eigenvalue weighted by Crippen LogP contribution is -2.38. The molecule has 74 valence electrons. The van der Waals surface area contributed by atoms with Gasteiger partial charge in [-0.05, 0) is 14.1 Å². The second-order valence-corrected chi connectivity index (χ2v) is 2.96. The smallest absolute Gasteiger partial charge is 0.0862 e. The molecule has 1 rings (SSSR count). The highest BCUT2D eigenvalue weighted by Crippen LogP contribution is 2.07. The minimum atomic E-state index is 0.370. The van der Waals surface area contributed by atoms with Crippen molar-refractivity contribution in [1.82, 2.24) is 10.2 Å². The van der Waals surface area contributed by atoms with E-state index in [4.69, 9.17) is 4.74 Å². The normalized spacial score (nSPS) is 28.5. The molecule has 1 N–H and O–H groups in total. The number of methoxy groups -OCH3 is 1. The fourth-order valence-electron chi connectivity index (χ4n) is 1.40. The van der Waals surface area contributed by atoms with Gasteiger partial charge in [0, 0.05) is 26.2 Å². The van der Waals surface area contributed by atoms with E-state index >= 15 is 0 Å². The van der Waals surface area contributed by atoms with Crippen LogP contribution < -0.4 is 5.32 Å². The van der Waals surface area contributed by atoms with Crippen molar-refractivity contribution in [2.45, 2.75) is 26.0 Å². The van der Waals surface area contributed by atoms with E-state index in [-0.39, 0.29) is 0 Å². The van der Waals surface area contributed by atoms with Gasteiger partial charge in [-0.15, -0.1) is 0 Å². The fourth-order valence-corrected chi connectivity index (χ4v) is 1.40. The van der Waals surface area contributed by atoms with Crippen LogP contribution in [0.5, 0.6) is 0 Å². The molecule has 2 unspecified atom stereocenters. The molecule has 3 heteroatoms. The third kappa shape index (κ3) is 3.09. The van der Waals surface area contributed by atoms with Gasteiger partial charge in [0.15, 0.2) is 0 Å². The van der Waals surface area contributed by atoms with Gasteiger partial charge in [0.05, 0.1) is 6.10 Å². The molecule has 1 saturated heterocycles. The Morgan fingerprint density at radius 1 is 1.25 bits per heavy atom. The van der Waals surface area contributed by atoms with Crippen LogP contribution in [0, 0.1) is 0 Å². The number of rotatable bonds is 2. The lowest BCUT2D eigenvalue weighted by Gasteiger charge is -2.23. The van der Waals surface area contributed by atoms with Crippen molar-refractivity contribution >= 4 is 0 Å². The van der Waals surface area contributed by atoms with Crippen LogP contribution in [0.4, 0.5) is 0 Å². The molecule has 1 heterocycles. The maximum atomic E-state index is 5.28. The molecular formula is C9H22N2O. The van der Waals surface area contributed by atoms with Crippen LogP contribution in [0.2, 0.25) is 0 Å². The topological polar surface area (TPSA) is 24.5 Å². The summed E-state index contributed by atoms with van der Waals surface area (Å²) in [6, 6.07) is 0.546. The largest absolute Gasteiger partial charge is 0.378 e. The lowest BCUT2D eigenvalue weighted by molar-refractivity contribution is 0.0636. The van der Waals surface area contributed by atoms with Gasteiger partial charge in [0.1, 0.15) is 0 Å². The summed E-state index contributed by atoms with van der Waals surface area (Å²) in [5, 5.41) is 3.29. The Labute approximate surface area is 76.1 Å². The van der Waals surface area contributed by atoms with Gasteiger partial charge < -0.3 is 15.0 Å². The summed E-state index contributed by atoms with van der Waals surface area (Å²) < 4.78 is 5.28. The first-order chi connectivity index (χ1) is 5.75. The Balaban J connectivity index is 0.000000561. The van der Waals surface area contributed by atoms with Gasteiger partial charge in [-0.3, -0.25) is 0 Å². The summed E-state index contributed by atoms with van der Waals surface area (Å²) in [6.45, 7) is 6.03. The predicted molar refractivity (Wildman–Crippen MR) is 52.5 cm³/mol. The quantitative estimate of drug-likeness (QED) is 0.662. The summed E-state index contributed by atoms with van der Waals surface area (Å²) in [4.78, 5) is 2.20. The van der Waals surface area contributed by atoms with Crippen molar-refractivity contribution in [3.05, 3.63) is 0 Å². The van der Waals surface area contributed by atoms with Gasteiger partial charge in [-0.1, -0.05) is 13.8 Å². The summed E-state index contributed by atoms with van der Waals surface area (Å²) in [6.07, 6.45) is 0.370. The van der Waals surface area contributed by atoms with Crippen LogP contribution in [-0.4, -0.2) is 51.3 Å². The summed E-state index contributed by atoms with van der Waals surface area (Å²) >= 11 is 0. The zero-order chi connectivity index (χ0) is 9.56. The van der Waals surface area contributed by atoms with Crippen LogP contribution in [0.25, 0.3) is 0 Å². The fraction of sp³-hybridized carbons (Fsp3) is 1.00. The van der Waals surface area contributed by atoms with Crippen LogP contribution >= 0.6 is 0 Å². The SMILES string of the molecule is CC.COC1CNCC1N(C)C. The van der Waals surface area contributed by atoms with E-state index in [2.05, 4.69) is 24.3 Å². The molecule has 0 radical (unpaired) electrons. The van der Waals surface area contributed by atoms with Crippen molar-refractivity contribution in [1.29, 1.82) is 0 Å². The first-order valence-electron chi connectivity index (χ1n) is 4.65. The number of ether oxygens (including phenoxy) is 1. The zero-order valence-corrected chi connectivity index (χ0v) is 8.92. The number of hydrogen-bond donors (Lipinski definition) is 1. The molecule has 0 aliphatic carbocycles. The second-order valence-electron chi connectivity index (χ2n) is 2.96. The molecule has 0 bridgehead atoms. The van der Waals surface area contributed by atoms with E-state index in [0.29, 0.717) is 12.1 Å². The molecule has 1 fully saturated rings. The van der Waals surface area contributed by atoms with Gasteiger partial charge in [0.2, 0.25) is 0 Å². The molecular weight excluding hydrogens is 152 g/mol. The van der Waals surface area contributed by atoms with E-state index in [9.17, 15) is 0 Å². The Kier molecular flexibility index (Phi) is 6.34. The monoisotopic (exact) mass is 174 g/mol. The van der Waals surface area contributed by atoms with Crippen molar-refractivity contribution in [2.75, 3.05) is 34.3 Å². The summed E-state index contributed by atoms with van der Waals surface area (Å²) in [7, 11) is 5.95. The number of hydrogen-bond acceptors (Lipinski definition) is 3. The highest BCUT2D eigenvalue weighted by molar-refractivity contribution is 4.87. The van der Waals surface area contributed by atoms with Gasteiger partial charge in [0.25, 0.3) is 0 Å². The van der Waals surface area contributed by atoms with Crippen LogP contribution in [-0.2, 0) is 4.74 Å².